The van der Waals surface area contributed by atoms with Gasteiger partial charge in [-0.25, -0.2) is 4.79 Å². The predicted molar refractivity (Wildman–Crippen MR) is 89.9 cm³/mol. The number of hydrogen-bond acceptors (Lipinski definition) is 3. The Morgan fingerprint density at radius 2 is 1.91 bits per heavy atom. The minimum atomic E-state index is -0.987. The van der Waals surface area contributed by atoms with Gasteiger partial charge in [0.25, 0.3) is 0 Å². The molecule has 0 atom stereocenters. The van der Waals surface area contributed by atoms with Gasteiger partial charge in [0.2, 0.25) is 0 Å². The second kappa shape index (κ2) is 7.49. The minimum Gasteiger partial charge on any atom is -0.493 e. The first kappa shape index (κ1) is 16.6. The molecular weight excluding hydrogens is 292 g/mol. The van der Waals surface area contributed by atoms with E-state index in [-0.39, 0.29) is 0 Å². The summed E-state index contributed by atoms with van der Waals surface area (Å²) < 4.78 is 11.2. The number of hydrogen-bond donors (Lipinski definition) is 1. The van der Waals surface area contributed by atoms with Crippen molar-refractivity contribution in [2.75, 3.05) is 7.11 Å². The van der Waals surface area contributed by atoms with E-state index >= 15 is 0 Å². The summed E-state index contributed by atoms with van der Waals surface area (Å²) in [5.74, 6) is 0.211. The molecule has 0 radical (unpaired) electrons. The van der Waals surface area contributed by atoms with E-state index in [9.17, 15) is 4.79 Å². The van der Waals surface area contributed by atoms with Crippen LogP contribution in [0.4, 0.5) is 0 Å². The molecule has 0 heterocycles. The van der Waals surface area contributed by atoms with Gasteiger partial charge in [-0.2, -0.15) is 0 Å². The van der Waals surface area contributed by atoms with E-state index in [1.807, 2.05) is 6.92 Å². The lowest BCUT2D eigenvalue weighted by atomic mass is 10.1. The number of carboxylic acids is 1. The molecule has 0 aliphatic rings. The normalized spacial score (nSPS) is 10.7. The third-order valence-corrected chi connectivity index (χ3v) is 3.49. The minimum absolute atomic E-state index is 0.453. The van der Waals surface area contributed by atoms with Gasteiger partial charge in [-0.3, -0.25) is 0 Å². The van der Waals surface area contributed by atoms with Gasteiger partial charge in [0.15, 0.2) is 11.5 Å². The van der Waals surface area contributed by atoms with Gasteiger partial charge >= 0.3 is 5.97 Å². The lowest BCUT2D eigenvalue weighted by Gasteiger charge is -2.13. The Morgan fingerprint density at radius 1 is 1.13 bits per heavy atom. The quantitative estimate of drug-likeness (QED) is 0.819. The Morgan fingerprint density at radius 3 is 2.61 bits per heavy atom. The van der Waals surface area contributed by atoms with Crippen LogP contribution in [0.5, 0.6) is 11.5 Å². The molecule has 4 heteroatoms. The number of carbonyl (C=O) groups is 1. The van der Waals surface area contributed by atoms with Crippen LogP contribution in [0.3, 0.4) is 0 Å². The van der Waals surface area contributed by atoms with Gasteiger partial charge in [-0.05, 0) is 48.7 Å². The fourth-order valence-corrected chi connectivity index (χ4v) is 2.19. The number of ether oxygens (including phenoxy) is 2. The lowest BCUT2D eigenvalue weighted by Crippen LogP contribution is -2.00. The molecule has 0 aliphatic heterocycles. The molecule has 0 aromatic heterocycles. The predicted octanol–water partition coefficient (Wildman–Crippen LogP) is 3.99. The van der Waals surface area contributed by atoms with Crippen molar-refractivity contribution < 1.29 is 19.4 Å². The smallest absolute Gasteiger partial charge is 0.328 e. The van der Waals surface area contributed by atoms with Gasteiger partial charge < -0.3 is 14.6 Å². The zero-order valence-electron chi connectivity index (χ0n) is 13.5. The molecule has 0 fully saturated rings. The summed E-state index contributed by atoms with van der Waals surface area (Å²) in [5, 5.41) is 8.67. The summed E-state index contributed by atoms with van der Waals surface area (Å²) in [4.78, 5) is 10.6. The fraction of sp³-hybridized carbons (Fsp3) is 0.211. The van der Waals surface area contributed by atoms with E-state index in [2.05, 4.69) is 25.1 Å². The number of aliphatic carboxylic acids is 1. The Balaban J connectivity index is 2.16. The Hall–Kier alpha value is -2.75. The summed E-state index contributed by atoms with van der Waals surface area (Å²) >= 11 is 0. The van der Waals surface area contributed by atoms with Crippen LogP contribution in [-0.2, 0) is 11.4 Å². The van der Waals surface area contributed by atoms with Gasteiger partial charge in [-0.1, -0.05) is 29.8 Å². The van der Waals surface area contributed by atoms with E-state index in [1.54, 1.807) is 25.3 Å². The highest BCUT2D eigenvalue weighted by Crippen LogP contribution is 2.29. The maximum atomic E-state index is 10.6. The van der Waals surface area contributed by atoms with Crippen LogP contribution in [0, 0.1) is 13.8 Å². The van der Waals surface area contributed by atoms with Crippen LogP contribution in [0.15, 0.2) is 42.5 Å². The summed E-state index contributed by atoms with van der Waals surface area (Å²) in [7, 11) is 1.56. The van der Waals surface area contributed by atoms with E-state index in [1.165, 1.54) is 17.2 Å². The molecule has 2 aromatic carbocycles. The average Bonchev–Trinajstić information content (AvgIpc) is 2.54. The summed E-state index contributed by atoms with van der Waals surface area (Å²) in [6.07, 6.45) is 2.60. The zero-order chi connectivity index (χ0) is 16.8. The van der Waals surface area contributed by atoms with E-state index in [0.29, 0.717) is 18.1 Å². The molecule has 1 N–H and O–H groups in total. The van der Waals surface area contributed by atoms with Crippen molar-refractivity contribution in [3.63, 3.8) is 0 Å². The van der Waals surface area contributed by atoms with Crippen molar-refractivity contribution in [3.8, 4) is 11.5 Å². The van der Waals surface area contributed by atoms with Crippen molar-refractivity contribution in [2.45, 2.75) is 20.5 Å². The second-order valence-corrected chi connectivity index (χ2v) is 5.30. The highest BCUT2D eigenvalue weighted by molar-refractivity contribution is 5.85. The maximum Gasteiger partial charge on any atom is 0.328 e. The molecule has 120 valence electrons. The van der Waals surface area contributed by atoms with Crippen molar-refractivity contribution in [3.05, 3.63) is 64.7 Å². The van der Waals surface area contributed by atoms with Crippen LogP contribution < -0.4 is 9.47 Å². The van der Waals surface area contributed by atoms with E-state index in [4.69, 9.17) is 14.6 Å². The highest BCUT2D eigenvalue weighted by Gasteiger charge is 2.07. The largest absolute Gasteiger partial charge is 0.493 e. The first-order chi connectivity index (χ1) is 11.0. The number of methoxy groups -OCH3 is 1. The molecular formula is C19H20O4. The number of aryl methyl sites for hydroxylation is 2. The Kier molecular flexibility index (Phi) is 5.41. The molecule has 0 saturated heterocycles. The lowest BCUT2D eigenvalue weighted by molar-refractivity contribution is -0.131. The first-order valence-corrected chi connectivity index (χ1v) is 7.27. The Bertz CT molecular complexity index is 732. The Labute approximate surface area is 136 Å². The summed E-state index contributed by atoms with van der Waals surface area (Å²) in [6.45, 7) is 4.55. The van der Waals surface area contributed by atoms with Crippen LogP contribution in [0.2, 0.25) is 0 Å². The topological polar surface area (TPSA) is 55.8 Å². The van der Waals surface area contributed by atoms with Crippen molar-refractivity contribution in [1.29, 1.82) is 0 Å². The number of benzene rings is 2. The van der Waals surface area contributed by atoms with Crippen molar-refractivity contribution in [2.24, 2.45) is 0 Å². The number of carboxylic acid groups (broad SMARTS) is 1. The van der Waals surface area contributed by atoms with Gasteiger partial charge in [0.1, 0.15) is 6.61 Å². The SMILES string of the molecule is COc1cc(/C=C/C(=O)O)ccc1OCc1cc(C)ccc1C. The van der Waals surface area contributed by atoms with Crippen molar-refractivity contribution >= 4 is 12.0 Å². The molecule has 23 heavy (non-hydrogen) atoms. The average molecular weight is 312 g/mol. The molecule has 0 spiro atoms. The van der Waals surface area contributed by atoms with Crippen LogP contribution in [-0.4, -0.2) is 18.2 Å². The number of rotatable bonds is 6. The molecule has 2 aromatic rings. The first-order valence-electron chi connectivity index (χ1n) is 7.27. The molecule has 0 bridgehead atoms. The monoisotopic (exact) mass is 312 g/mol. The molecule has 0 saturated carbocycles. The summed E-state index contributed by atoms with van der Waals surface area (Å²) in [5.41, 5.74) is 4.23. The molecule has 4 nitrogen and oxygen atoms in total. The third kappa shape index (κ3) is 4.61. The van der Waals surface area contributed by atoms with Gasteiger partial charge in [-0.15, -0.1) is 0 Å². The van der Waals surface area contributed by atoms with E-state index in [0.717, 1.165) is 17.2 Å². The van der Waals surface area contributed by atoms with Crippen molar-refractivity contribution in [1.82, 2.24) is 0 Å². The highest BCUT2D eigenvalue weighted by atomic mass is 16.5. The van der Waals surface area contributed by atoms with Crippen LogP contribution >= 0.6 is 0 Å². The van der Waals surface area contributed by atoms with E-state index < -0.39 is 5.97 Å². The van der Waals surface area contributed by atoms with Crippen LogP contribution in [0.1, 0.15) is 22.3 Å². The van der Waals surface area contributed by atoms with Crippen LogP contribution in [0.25, 0.3) is 6.08 Å². The molecule has 0 aliphatic carbocycles. The maximum absolute atomic E-state index is 10.6. The summed E-state index contributed by atoms with van der Waals surface area (Å²) in [6, 6.07) is 11.6. The molecule has 0 amide bonds. The standard InChI is InChI=1S/C19H20O4/c1-13-4-5-14(2)16(10-13)12-23-17-8-6-15(7-9-19(20)21)11-18(17)22-3/h4-11H,12H2,1-3H3,(H,20,21)/b9-7+. The fourth-order valence-electron chi connectivity index (χ4n) is 2.19. The molecule has 2 rings (SSSR count). The third-order valence-electron chi connectivity index (χ3n) is 3.49. The molecule has 0 unspecified atom stereocenters. The second-order valence-electron chi connectivity index (χ2n) is 5.30. The zero-order valence-corrected chi connectivity index (χ0v) is 13.5. The van der Waals surface area contributed by atoms with Gasteiger partial charge in [0.05, 0.1) is 7.11 Å². The van der Waals surface area contributed by atoms with Gasteiger partial charge in [0, 0.05) is 6.08 Å².